The number of nitrogens with zero attached hydrogens (tertiary/aromatic N) is 1. The molecule has 1 aromatic rings. The Morgan fingerprint density at radius 2 is 2.00 bits per heavy atom. The van der Waals surface area contributed by atoms with E-state index >= 15 is 0 Å². The molecule has 1 aromatic carbocycles. The van der Waals surface area contributed by atoms with E-state index in [1.807, 2.05) is 30.3 Å². The average Bonchev–Trinajstić information content (AvgIpc) is 2.48. The summed E-state index contributed by atoms with van der Waals surface area (Å²) in [5, 5.41) is 11.1. The van der Waals surface area contributed by atoms with Gasteiger partial charge in [-0.15, -0.1) is 0 Å². The maximum absolute atomic E-state index is 11.7. The zero-order chi connectivity index (χ0) is 15.5. The molecule has 21 heavy (non-hydrogen) atoms. The van der Waals surface area contributed by atoms with E-state index in [0.717, 1.165) is 5.56 Å². The first-order chi connectivity index (χ1) is 10.1. The number of hydrogen-bond acceptors (Lipinski definition) is 3. The Morgan fingerprint density at radius 3 is 2.67 bits per heavy atom. The van der Waals surface area contributed by atoms with E-state index in [9.17, 15) is 9.59 Å². The third-order valence-corrected chi connectivity index (χ3v) is 2.87. The van der Waals surface area contributed by atoms with Crippen molar-refractivity contribution < 1.29 is 19.4 Å². The predicted molar refractivity (Wildman–Crippen MR) is 79.0 cm³/mol. The van der Waals surface area contributed by atoms with Crippen LogP contribution in [0.15, 0.2) is 30.3 Å². The molecule has 0 aliphatic rings. The van der Waals surface area contributed by atoms with Gasteiger partial charge in [0.25, 0.3) is 0 Å². The number of nitrogens with one attached hydrogen (secondary N) is 1. The van der Waals surface area contributed by atoms with E-state index in [2.05, 4.69) is 5.32 Å². The molecule has 0 aliphatic heterocycles. The number of carboxylic acids is 1. The van der Waals surface area contributed by atoms with Crippen LogP contribution < -0.4 is 5.32 Å². The maximum atomic E-state index is 11.7. The van der Waals surface area contributed by atoms with Crippen molar-refractivity contribution in [3.05, 3.63) is 35.9 Å². The predicted octanol–water partition coefficient (Wildman–Crippen LogP) is 1.71. The number of ether oxygens (including phenoxy) is 1. The monoisotopic (exact) mass is 294 g/mol. The smallest absolute Gasteiger partial charge is 0.317 e. The summed E-state index contributed by atoms with van der Waals surface area (Å²) in [5.74, 6) is -0.855. The molecule has 116 valence electrons. The lowest BCUT2D eigenvalue weighted by atomic mass is 10.2. The maximum Gasteiger partial charge on any atom is 0.317 e. The SMILES string of the molecule is CN(CCOCc1ccccc1)C(=O)NCCCC(=O)O. The number of hydrogen-bond donors (Lipinski definition) is 2. The first-order valence-electron chi connectivity index (χ1n) is 6.92. The second-order valence-electron chi connectivity index (χ2n) is 4.69. The number of likely N-dealkylation sites (N-methyl/N-ethyl adjacent to an activating group) is 1. The van der Waals surface area contributed by atoms with Crippen LogP contribution in [0, 0.1) is 0 Å². The van der Waals surface area contributed by atoms with Crippen LogP contribution in [-0.4, -0.2) is 48.8 Å². The molecule has 0 unspecified atom stereocenters. The lowest BCUT2D eigenvalue weighted by Crippen LogP contribution is -2.39. The summed E-state index contributed by atoms with van der Waals surface area (Å²) in [6.07, 6.45) is 0.490. The molecule has 2 amide bonds. The quantitative estimate of drug-likeness (QED) is 0.680. The topological polar surface area (TPSA) is 78.9 Å². The highest BCUT2D eigenvalue weighted by Crippen LogP contribution is 2.00. The second-order valence-corrected chi connectivity index (χ2v) is 4.69. The average molecular weight is 294 g/mol. The number of carbonyl (C=O) groups is 2. The minimum atomic E-state index is -0.855. The van der Waals surface area contributed by atoms with Crippen molar-refractivity contribution in [3.63, 3.8) is 0 Å². The molecule has 0 saturated heterocycles. The highest BCUT2D eigenvalue weighted by molar-refractivity contribution is 5.73. The van der Waals surface area contributed by atoms with Crippen LogP contribution in [0.2, 0.25) is 0 Å². The molecule has 0 heterocycles. The Hall–Kier alpha value is -2.08. The summed E-state index contributed by atoms with van der Waals surface area (Å²) < 4.78 is 5.50. The fraction of sp³-hybridized carbons (Fsp3) is 0.467. The summed E-state index contributed by atoms with van der Waals surface area (Å²) in [6, 6.07) is 9.61. The molecule has 0 spiro atoms. The minimum Gasteiger partial charge on any atom is -0.481 e. The van der Waals surface area contributed by atoms with E-state index < -0.39 is 5.97 Å². The van der Waals surface area contributed by atoms with Crippen LogP contribution in [0.25, 0.3) is 0 Å². The molecular weight excluding hydrogens is 272 g/mol. The Labute approximate surface area is 124 Å². The first-order valence-corrected chi connectivity index (χ1v) is 6.92. The second kappa shape index (κ2) is 9.77. The fourth-order valence-electron chi connectivity index (χ4n) is 1.64. The standard InChI is InChI=1S/C15H22N2O4/c1-17(15(20)16-9-5-8-14(18)19)10-11-21-12-13-6-3-2-4-7-13/h2-4,6-7H,5,8-12H2,1H3,(H,16,20)(H,18,19). The van der Waals surface area contributed by atoms with Crippen molar-refractivity contribution in [2.75, 3.05) is 26.7 Å². The van der Waals surface area contributed by atoms with Gasteiger partial charge in [0.1, 0.15) is 0 Å². The third kappa shape index (κ3) is 7.94. The number of aliphatic carboxylic acids is 1. The number of amides is 2. The summed E-state index contributed by atoms with van der Waals surface area (Å²) in [5.41, 5.74) is 1.10. The summed E-state index contributed by atoms with van der Waals surface area (Å²) in [4.78, 5) is 23.5. The van der Waals surface area contributed by atoms with E-state index in [1.54, 1.807) is 7.05 Å². The highest BCUT2D eigenvalue weighted by atomic mass is 16.5. The van der Waals surface area contributed by atoms with Crippen LogP contribution in [0.3, 0.4) is 0 Å². The zero-order valence-corrected chi connectivity index (χ0v) is 12.2. The van der Waals surface area contributed by atoms with Crippen LogP contribution in [-0.2, 0) is 16.1 Å². The lowest BCUT2D eigenvalue weighted by Gasteiger charge is -2.17. The fourth-order valence-corrected chi connectivity index (χ4v) is 1.64. The summed E-state index contributed by atoms with van der Waals surface area (Å²) in [7, 11) is 1.68. The molecule has 0 aromatic heterocycles. The summed E-state index contributed by atoms with van der Waals surface area (Å²) in [6.45, 7) is 1.82. The molecule has 1 rings (SSSR count). The van der Waals surface area contributed by atoms with Gasteiger partial charge in [-0.3, -0.25) is 4.79 Å². The molecule has 6 nitrogen and oxygen atoms in total. The van der Waals surface area contributed by atoms with E-state index in [1.165, 1.54) is 4.90 Å². The molecule has 0 aliphatic carbocycles. The van der Waals surface area contributed by atoms with Crippen molar-refractivity contribution in [1.82, 2.24) is 10.2 Å². The van der Waals surface area contributed by atoms with Crippen molar-refractivity contribution >= 4 is 12.0 Å². The van der Waals surface area contributed by atoms with Gasteiger partial charge in [0.05, 0.1) is 13.2 Å². The van der Waals surface area contributed by atoms with Crippen molar-refractivity contribution in [1.29, 1.82) is 0 Å². The molecule has 0 bridgehead atoms. The van der Waals surface area contributed by atoms with E-state index in [0.29, 0.717) is 32.7 Å². The van der Waals surface area contributed by atoms with Gasteiger partial charge in [0, 0.05) is 26.6 Å². The number of urea groups is 1. The number of carbonyl (C=O) groups excluding carboxylic acids is 1. The zero-order valence-electron chi connectivity index (χ0n) is 12.2. The number of benzene rings is 1. The first kappa shape index (κ1) is 17.0. The number of rotatable bonds is 9. The Morgan fingerprint density at radius 1 is 1.29 bits per heavy atom. The summed E-state index contributed by atoms with van der Waals surface area (Å²) >= 11 is 0. The Bertz CT molecular complexity index is 437. The minimum absolute atomic E-state index is 0.0597. The van der Waals surface area contributed by atoms with Gasteiger partial charge in [-0.05, 0) is 12.0 Å². The van der Waals surface area contributed by atoms with Crippen molar-refractivity contribution in [2.45, 2.75) is 19.4 Å². The third-order valence-electron chi connectivity index (χ3n) is 2.87. The van der Waals surface area contributed by atoms with Crippen molar-refractivity contribution in [3.8, 4) is 0 Å². The molecule has 0 saturated carbocycles. The van der Waals surface area contributed by atoms with Gasteiger partial charge in [-0.2, -0.15) is 0 Å². The highest BCUT2D eigenvalue weighted by Gasteiger charge is 2.07. The van der Waals surface area contributed by atoms with Crippen LogP contribution in [0.5, 0.6) is 0 Å². The molecular formula is C15H22N2O4. The van der Waals surface area contributed by atoms with Crippen molar-refractivity contribution in [2.24, 2.45) is 0 Å². The van der Waals surface area contributed by atoms with Gasteiger partial charge in [-0.25, -0.2) is 4.79 Å². The molecule has 6 heteroatoms. The van der Waals surface area contributed by atoms with Crippen LogP contribution >= 0.6 is 0 Å². The van der Waals surface area contributed by atoms with Crippen LogP contribution in [0.1, 0.15) is 18.4 Å². The number of carboxylic acid groups (broad SMARTS) is 1. The Balaban J connectivity index is 2.08. The molecule has 2 N–H and O–H groups in total. The molecule has 0 radical (unpaired) electrons. The largest absolute Gasteiger partial charge is 0.481 e. The molecule has 0 fully saturated rings. The van der Waals surface area contributed by atoms with Crippen LogP contribution in [0.4, 0.5) is 4.79 Å². The van der Waals surface area contributed by atoms with Gasteiger partial charge in [0.15, 0.2) is 0 Å². The van der Waals surface area contributed by atoms with Gasteiger partial charge >= 0.3 is 12.0 Å². The van der Waals surface area contributed by atoms with Gasteiger partial charge < -0.3 is 20.1 Å². The normalized spacial score (nSPS) is 10.1. The van der Waals surface area contributed by atoms with E-state index in [4.69, 9.17) is 9.84 Å². The van der Waals surface area contributed by atoms with E-state index in [-0.39, 0.29) is 12.5 Å². The molecule has 0 atom stereocenters. The Kier molecular flexibility index (Phi) is 7.89. The lowest BCUT2D eigenvalue weighted by molar-refractivity contribution is -0.137. The van der Waals surface area contributed by atoms with Gasteiger partial charge in [0.2, 0.25) is 0 Å². The van der Waals surface area contributed by atoms with Gasteiger partial charge in [-0.1, -0.05) is 30.3 Å².